The molecule has 1 fully saturated rings. The summed E-state index contributed by atoms with van der Waals surface area (Å²) in [5.74, 6) is 0.518. The van der Waals surface area contributed by atoms with Crippen molar-refractivity contribution in [2.75, 3.05) is 13.1 Å². The Bertz CT molecular complexity index is 698. The standard InChI is InChI=1S/C19H19NO/c21-19(13-7-9-20-10-8-13)16-6-5-15-11-14-3-1-2-4-17(14)18(15)12-16/h1-6,12-13,20H,7-11H2. The van der Waals surface area contributed by atoms with Crippen molar-refractivity contribution in [3.05, 3.63) is 59.2 Å². The van der Waals surface area contributed by atoms with E-state index in [4.69, 9.17) is 0 Å². The highest BCUT2D eigenvalue weighted by molar-refractivity contribution is 5.99. The molecule has 21 heavy (non-hydrogen) atoms. The number of carbonyl (C=O) groups excluding carboxylic acids is 1. The highest BCUT2D eigenvalue weighted by Gasteiger charge is 2.24. The molecule has 0 saturated carbocycles. The van der Waals surface area contributed by atoms with Gasteiger partial charge in [-0.2, -0.15) is 0 Å². The number of carbonyl (C=O) groups is 1. The monoisotopic (exact) mass is 277 g/mol. The topological polar surface area (TPSA) is 29.1 Å². The molecular formula is C19H19NO. The molecule has 0 radical (unpaired) electrons. The summed E-state index contributed by atoms with van der Waals surface area (Å²) < 4.78 is 0. The van der Waals surface area contributed by atoms with Crippen molar-refractivity contribution in [3.63, 3.8) is 0 Å². The molecule has 2 heteroatoms. The van der Waals surface area contributed by atoms with E-state index in [2.05, 4.69) is 41.7 Å². The molecule has 1 N–H and O–H groups in total. The summed E-state index contributed by atoms with van der Waals surface area (Å²) in [5, 5.41) is 3.32. The number of Topliss-reactive ketones (excluding diaryl/α,β-unsaturated/α-hetero) is 1. The Balaban J connectivity index is 1.69. The van der Waals surface area contributed by atoms with Crippen molar-refractivity contribution in [2.45, 2.75) is 19.3 Å². The molecule has 0 aromatic heterocycles. The lowest BCUT2D eigenvalue weighted by atomic mass is 9.88. The second-order valence-electron chi connectivity index (χ2n) is 6.09. The van der Waals surface area contributed by atoms with Crippen molar-refractivity contribution < 1.29 is 4.79 Å². The van der Waals surface area contributed by atoms with E-state index < -0.39 is 0 Å². The SMILES string of the molecule is O=C(c1ccc2c(c1)-c1ccccc1C2)C1CCNCC1. The number of hydrogen-bond donors (Lipinski definition) is 1. The van der Waals surface area contributed by atoms with Crippen LogP contribution in [0.25, 0.3) is 11.1 Å². The van der Waals surface area contributed by atoms with Crippen molar-refractivity contribution in [3.8, 4) is 11.1 Å². The van der Waals surface area contributed by atoms with E-state index in [-0.39, 0.29) is 5.92 Å². The second-order valence-corrected chi connectivity index (χ2v) is 6.09. The fourth-order valence-corrected chi connectivity index (χ4v) is 3.60. The van der Waals surface area contributed by atoms with Crippen molar-refractivity contribution in [2.24, 2.45) is 5.92 Å². The van der Waals surface area contributed by atoms with Crippen LogP contribution in [0, 0.1) is 5.92 Å². The lowest BCUT2D eigenvalue weighted by Crippen LogP contribution is -2.31. The Morgan fingerprint density at radius 3 is 2.57 bits per heavy atom. The zero-order chi connectivity index (χ0) is 14.2. The quantitative estimate of drug-likeness (QED) is 0.727. The first-order valence-corrected chi connectivity index (χ1v) is 7.79. The number of nitrogens with one attached hydrogen (secondary N) is 1. The average molecular weight is 277 g/mol. The molecule has 0 atom stereocenters. The molecule has 2 nitrogen and oxygen atoms in total. The van der Waals surface area contributed by atoms with Gasteiger partial charge in [0.2, 0.25) is 0 Å². The molecule has 1 heterocycles. The van der Waals surface area contributed by atoms with Gasteiger partial charge in [0.25, 0.3) is 0 Å². The maximum Gasteiger partial charge on any atom is 0.166 e. The van der Waals surface area contributed by atoms with Gasteiger partial charge in [0, 0.05) is 11.5 Å². The summed E-state index contributed by atoms with van der Waals surface area (Å²) in [6, 6.07) is 14.8. The predicted molar refractivity (Wildman–Crippen MR) is 84.6 cm³/mol. The van der Waals surface area contributed by atoms with Gasteiger partial charge in [-0.25, -0.2) is 0 Å². The van der Waals surface area contributed by atoms with Crippen LogP contribution in [0.5, 0.6) is 0 Å². The van der Waals surface area contributed by atoms with Crippen LogP contribution in [0.15, 0.2) is 42.5 Å². The minimum absolute atomic E-state index is 0.195. The predicted octanol–water partition coefficient (Wildman–Crippen LogP) is 3.44. The summed E-state index contributed by atoms with van der Waals surface area (Å²) in [5.41, 5.74) is 6.16. The van der Waals surface area contributed by atoms with Gasteiger partial charge < -0.3 is 5.32 Å². The number of benzene rings is 2. The first-order valence-electron chi connectivity index (χ1n) is 7.79. The van der Waals surface area contributed by atoms with E-state index in [0.717, 1.165) is 37.9 Å². The summed E-state index contributed by atoms with van der Waals surface area (Å²) in [6.07, 6.45) is 2.92. The first-order chi connectivity index (χ1) is 10.3. The van der Waals surface area contributed by atoms with E-state index >= 15 is 0 Å². The van der Waals surface area contributed by atoms with Crippen LogP contribution >= 0.6 is 0 Å². The molecule has 0 spiro atoms. The van der Waals surface area contributed by atoms with Gasteiger partial charge in [0.05, 0.1) is 0 Å². The minimum atomic E-state index is 0.195. The van der Waals surface area contributed by atoms with Gasteiger partial charge in [-0.05, 0) is 60.7 Å². The molecule has 2 aliphatic rings. The third-order valence-corrected chi connectivity index (χ3v) is 4.79. The zero-order valence-electron chi connectivity index (χ0n) is 12.1. The Hall–Kier alpha value is -1.93. The van der Waals surface area contributed by atoms with E-state index in [1.165, 1.54) is 22.3 Å². The van der Waals surface area contributed by atoms with Gasteiger partial charge >= 0.3 is 0 Å². The van der Waals surface area contributed by atoms with Crippen molar-refractivity contribution >= 4 is 5.78 Å². The molecule has 4 rings (SSSR count). The van der Waals surface area contributed by atoms with Crippen LogP contribution in [-0.2, 0) is 6.42 Å². The lowest BCUT2D eigenvalue weighted by molar-refractivity contribution is 0.0895. The fraction of sp³-hybridized carbons (Fsp3) is 0.316. The van der Waals surface area contributed by atoms with Gasteiger partial charge in [0.1, 0.15) is 0 Å². The van der Waals surface area contributed by atoms with Crippen LogP contribution in [0.4, 0.5) is 0 Å². The Kier molecular flexibility index (Phi) is 3.12. The van der Waals surface area contributed by atoms with Crippen LogP contribution < -0.4 is 5.32 Å². The number of hydrogen-bond acceptors (Lipinski definition) is 2. The summed E-state index contributed by atoms with van der Waals surface area (Å²) in [4.78, 5) is 12.7. The molecule has 0 bridgehead atoms. The molecular weight excluding hydrogens is 258 g/mol. The summed E-state index contributed by atoms with van der Waals surface area (Å²) >= 11 is 0. The number of ketones is 1. The smallest absolute Gasteiger partial charge is 0.166 e. The number of piperidine rings is 1. The second kappa shape index (κ2) is 5.12. The fourth-order valence-electron chi connectivity index (χ4n) is 3.60. The molecule has 2 aromatic rings. The summed E-state index contributed by atoms with van der Waals surface area (Å²) in [7, 11) is 0. The highest BCUT2D eigenvalue weighted by Crippen LogP contribution is 2.37. The van der Waals surface area contributed by atoms with Crippen LogP contribution in [0.2, 0.25) is 0 Å². The zero-order valence-corrected chi connectivity index (χ0v) is 12.1. The number of rotatable bonds is 2. The molecule has 1 saturated heterocycles. The minimum Gasteiger partial charge on any atom is -0.317 e. The largest absolute Gasteiger partial charge is 0.317 e. The van der Waals surface area contributed by atoms with Gasteiger partial charge in [-0.15, -0.1) is 0 Å². The molecule has 1 aliphatic heterocycles. The maximum atomic E-state index is 12.7. The molecule has 0 unspecified atom stereocenters. The van der Waals surface area contributed by atoms with Crippen molar-refractivity contribution in [1.29, 1.82) is 0 Å². The molecule has 1 aliphatic carbocycles. The third-order valence-electron chi connectivity index (χ3n) is 4.79. The van der Waals surface area contributed by atoms with Crippen molar-refractivity contribution in [1.82, 2.24) is 5.32 Å². The van der Waals surface area contributed by atoms with E-state index in [1.54, 1.807) is 0 Å². The lowest BCUT2D eigenvalue weighted by Gasteiger charge is -2.21. The van der Waals surface area contributed by atoms with Crippen LogP contribution in [-0.4, -0.2) is 18.9 Å². The van der Waals surface area contributed by atoms with E-state index in [1.807, 2.05) is 6.07 Å². The normalized spacial score (nSPS) is 17.3. The Morgan fingerprint density at radius 2 is 1.71 bits per heavy atom. The Morgan fingerprint density at radius 1 is 0.952 bits per heavy atom. The van der Waals surface area contributed by atoms with Gasteiger partial charge in [0.15, 0.2) is 5.78 Å². The van der Waals surface area contributed by atoms with Crippen LogP contribution in [0.3, 0.4) is 0 Å². The molecule has 2 aromatic carbocycles. The van der Waals surface area contributed by atoms with Gasteiger partial charge in [-0.3, -0.25) is 4.79 Å². The van der Waals surface area contributed by atoms with Crippen LogP contribution in [0.1, 0.15) is 34.3 Å². The maximum absolute atomic E-state index is 12.7. The third kappa shape index (κ3) is 2.20. The molecule has 0 amide bonds. The summed E-state index contributed by atoms with van der Waals surface area (Å²) in [6.45, 7) is 1.92. The molecule has 106 valence electrons. The first kappa shape index (κ1) is 12.8. The van der Waals surface area contributed by atoms with E-state index in [0.29, 0.717) is 5.78 Å². The highest BCUT2D eigenvalue weighted by atomic mass is 16.1. The number of fused-ring (bicyclic) bond motifs is 3. The average Bonchev–Trinajstić information content (AvgIpc) is 2.93. The Labute approximate surface area is 125 Å². The van der Waals surface area contributed by atoms with Gasteiger partial charge in [-0.1, -0.05) is 36.4 Å². The van der Waals surface area contributed by atoms with E-state index in [9.17, 15) is 4.79 Å².